The predicted octanol–water partition coefficient (Wildman–Crippen LogP) is 1.54. The number of hydrogen-bond acceptors (Lipinski definition) is 3. The van der Waals surface area contributed by atoms with Crippen LogP contribution in [0.1, 0.15) is 26.2 Å². The molecule has 0 fully saturated rings. The highest BCUT2D eigenvalue weighted by Gasteiger charge is 2.24. The van der Waals surface area contributed by atoms with Gasteiger partial charge in [0.25, 0.3) is 0 Å². The molecule has 0 N–H and O–H groups in total. The van der Waals surface area contributed by atoms with Crippen molar-refractivity contribution in [1.29, 1.82) is 0 Å². The smallest absolute Gasteiger partial charge is 0.245 e. The van der Waals surface area contributed by atoms with E-state index in [9.17, 15) is 14.9 Å². The van der Waals surface area contributed by atoms with Gasteiger partial charge in [-0.15, -0.1) is 0 Å². The molecule has 1 aliphatic rings. The second-order valence-electron chi connectivity index (χ2n) is 3.12. The number of carbonyl (C=O) groups is 1. The van der Waals surface area contributed by atoms with E-state index in [-0.39, 0.29) is 10.8 Å². The lowest BCUT2D eigenvalue weighted by Gasteiger charge is -2.15. The van der Waals surface area contributed by atoms with E-state index >= 15 is 0 Å². The highest BCUT2D eigenvalue weighted by Crippen LogP contribution is 2.27. The number of nitrogens with zero attached hydrogens (tertiary/aromatic N) is 1. The largest absolute Gasteiger partial charge is 0.303 e. The molecule has 1 unspecified atom stereocenters. The van der Waals surface area contributed by atoms with E-state index in [1.165, 1.54) is 0 Å². The fourth-order valence-corrected chi connectivity index (χ4v) is 1.51. The predicted molar refractivity (Wildman–Crippen MR) is 43.1 cm³/mol. The summed E-state index contributed by atoms with van der Waals surface area (Å²) in [5.41, 5.74) is 1.05. The van der Waals surface area contributed by atoms with Gasteiger partial charge in [-0.05, 0) is 19.8 Å². The Morgan fingerprint density at radius 1 is 1.67 bits per heavy atom. The molecule has 0 aromatic rings. The van der Waals surface area contributed by atoms with Gasteiger partial charge in [-0.1, -0.05) is 0 Å². The maximum absolute atomic E-state index is 10.4. The van der Waals surface area contributed by atoms with Crippen LogP contribution in [0.5, 0.6) is 0 Å². The lowest BCUT2D eigenvalue weighted by molar-refractivity contribution is -0.430. The Morgan fingerprint density at radius 3 is 2.75 bits per heavy atom. The zero-order valence-corrected chi connectivity index (χ0v) is 6.95. The third-order valence-corrected chi connectivity index (χ3v) is 2.23. The van der Waals surface area contributed by atoms with Crippen LogP contribution in [0.25, 0.3) is 0 Å². The highest BCUT2D eigenvalue weighted by molar-refractivity contribution is 5.54. The Kier molecular flexibility index (Phi) is 2.58. The Bertz CT molecular complexity index is 245. The molecular formula is C8H11NO3. The molecule has 4 nitrogen and oxygen atoms in total. The van der Waals surface area contributed by atoms with Crippen LogP contribution < -0.4 is 0 Å². The first-order valence-electron chi connectivity index (χ1n) is 3.93. The molecule has 1 aliphatic carbocycles. The van der Waals surface area contributed by atoms with Crippen molar-refractivity contribution in [3.8, 4) is 0 Å². The van der Waals surface area contributed by atoms with E-state index in [1.807, 2.05) is 0 Å². The highest BCUT2D eigenvalue weighted by atomic mass is 16.6. The van der Waals surface area contributed by atoms with Crippen LogP contribution in [0.3, 0.4) is 0 Å². The molecule has 0 bridgehead atoms. The number of aldehydes is 1. The number of rotatable bonds is 2. The average molecular weight is 169 g/mol. The van der Waals surface area contributed by atoms with Gasteiger partial charge in [0.05, 0.1) is 4.92 Å². The van der Waals surface area contributed by atoms with Crippen molar-refractivity contribution < 1.29 is 9.72 Å². The lowest BCUT2D eigenvalue weighted by atomic mass is 9.89. The molecule has 0 saturated carbocycles. The normalized spacial score (nSPS) is 23.9. The molecule has 12 heavy (non-hydrogen) atoms. The van der Waals surface area contributed by atoms with Crippen LogP contribution in [-0.4, -0.2) is 11.2 Å². The number of carbonyl (C=O) groups excluding carboxylic acids is 1. The van der Waals surface area contributed by atoms with Crippen molar-refractivity contribution in [2.75, 3.05) is 0 Å². The minimum atomic E-state index is -0.337. The monoisotopic (exact) mass is 169 g/mol. The molecule has 0 saturated heterocycles. The van der Waals surface area contributed by atoms with E-state index < -0.39 is 0 Å². The molecular weight excluding hydrogens is 158 g/mol. The summed E-state index contributed by atoms with van der Waals surface area (Å²) in [6, 6.07) is 0. The quantitative estimate of drug-likeness (QED) is 0.358. The first-order valence-corrected chi connectivity index (χ1v) is 3.93. The van der Waals surface area contributed by atoms with Crippen LogP contribution >= 0.6 is 0 Å². The van der Waals surface area contributed by atoms with Gasteiger partial charge in [0, 0.05) is 17.9 Å². The molecule has 1 rings (SSSR count). The van der Waals surface area contributed by atoms with E-state index in [0.29, 0.717) is 25.0 Å². The molecule has 0 heterocycles. The summed E-state index contributed by atoms with van der Waals surface area (Å²) in [6.45, 7) is 1.73. The molecule has 0 aromatic carbocycles. The van der Waals surface area contributed by atoms with Crippen molar-refractivity contribution in [2.45, 2.75) is 26.2 Å². The molecule has 1 atom stereocenters. The number of nitro groups is 1. The minimum absolute atomic E-state index is 0.00583. The fraction of sp³-hybridized carbons (Fsp3) is 0.625. The minimum Gasteiger partial charge on any atom is -0.303 e. The van der Waals surface area contributed by atoms with E-state index in [1.54, 1.807) is 6.92 Å². The Morgan fingerprint density at radius 2 is 2.33 bits per heavy atom. The van der Waals surface area contributed by atoms with Gasteiger partial charge >= 0.3 is 0 Å². The third kappa shape index (κ3) is 1.69. The summed E-state index contributed by atoms with van der Waals surface area (Å²) in [6.07, 6.45) is 2.50. The molecule has 66 valence electrons. The van der Waals surface area contributed by atoms with Gasteiger partial charge in [0.1, 0.15) is 6.29 Å². The molecule has 0 spiro atoms. The average Bonchev–Trinajstić information content (AvgIpc) is 2.03. The van der Waals surface area contributed by atoms with Gasteiger partial charge in [-0.25, -0.2) is 0 Å². The van der Waals surface area contributed by atoms with Crippen molar-refractivity contribution in [1.82, 2.24) is 0 Å². The van der Waals surface area contributed by atoms with Crippen LogP contribution in [0.15, 0.2) is 11.3 Å². The van der Waals surface area contributed by atoms with Crippen LogP contribution in [0.4, 0.5) is 0 Å². The maximum Gasteiger partial charge on any atom is 0.245 e. The zero-order chi connectivity index (χ0) is 9.14. The molecule has 0 aliphatic heterocycles. The first-order chi connectivity index (χ1) is 5.65. The van der Waals surface area contributed by atoms with E-state index in [2.05, 4.69) is 0 Å². The molecule has 0 amide bonds. The Balaban J connectivity index is 2.77. The van der Waals surface area contributed by atoms with Gasteiger partial charge < -0.3 is 4.79 Å². The van der Waals surface area contributed by atoms with Crippen molar-refractivity contribution in [3.05, 3.63) is 21.4 Å². The van der Waals surface area contributed by atoms with Crippen LogP contribution in [0.2, 0.25) is 0 Å². The summed E-state index contributed by atoms with van der Waals surface area (Å²) in [7, 11) is 0. The molecule has 0 radical (unpaired) electrons. The fourth-order valence-electron chi connectivity index (χ4n) is 1.51. The second-order valence-corrected chi connectivity index (χ2v) is 3.12. The van der Waals surface area contributed by atoms with Crippen molar-refractivity contribution in [3.63, 3.8) is 0 Å². The summed E-state index contributed by atoms with van der Waals surface area (Å²) in [5.74, 6) is -0.00583. The Labute approximate surface area is 70.4 Å². The standard InChI is InChI=1S/C8H11NO3/c1-6-4-7(5-10)2-3-8(6)9(11)12/h5,7H,2-4H2,1H3. The second kappa shape index (κ2) is 3.47. The van der Waals surface area contributed by atoms with Crippen LogP contribution in [-0.2, 0) is 4.79 Å². The zero-order valence-electron chi connectivity index (χ0n) is 6.95. The topological polar surface area (TPSA) is 60.2 Å². The number of hydrogen-bond donors (Lipinski definition) is 0. The summed E-state index contributed by atoms with van der Waals surface area (Å²) >= 11 is 0. The van der Waals surface area contributed by atoms with Gasteiger partial charge in [-0.2, -0.15) is 0 Å². The Hall–Kier alpha value is -1.19. The van der Waals surface area contributed by atoms with Crippen molar-refractivity contribution >= 4 is 6.29 Å². The van der Waals surface area contributed by atoms with E-state index in [0.717, 1.165) is 11.9 Å². The third-order valence-electron chi connectivity index (χ3n) is 2.23. The van der Waals surface area contributed by atoms with Crippen LogP contribution in [0, 0.1) is 16.0 Å². The molecule has 4 heteroatoms. The van der Waals surface area contributed by atoms with Crippen molar-refractivity contribution in [2.24, 2.45) is 5.92 Å². The summed E-state index contributed by atoms with van der Waals surface area (Å²) in [5, 5.41) is 10.4. The first kappa shape index (κ1) is 8.90. The SMILES string of the molecule is CC1=C([N+](=O)[O-])CCC(C=O)C1. The lowest BCUT2D eigenvalue weighted by Crippen LogP contribution is -2.14. The van der Waals surface area contributed by atoms with E-state index in [4.69, 9.17) is 0 Å². The summed E-state index contributed by atoms with van der Waals surface area (Å²) in [4.78, 5) is 20.5. The van der Waals surface area contributed by atoms with Gasteiger partial charge in [0.2, 0.25) is 5.70 Å². The van der Waals surface area contributed by atoms with Gasteiger partial charge in [-0.3, -0.25) is 10.1 Å². The van der Waals surface area contributed by atoms with Gasteiger partial charge in [0.15, 0.2) is 0 Å². The number of allylic oxidation sites excluding steroid dienone is 2. The summed E-state index contributed by atoms with van der Waals surface area (Å²) < 4.78 is 0. The maximum atomic E-state index is 10.4. The molecule has 0 aromatic heterocycles.